The maximum Gasteiger partial charge on any atom is 0.194 e. The first-order valence-corrected chi connectivity index (χ1v) is 8.08. The van der Waals surface area contributed by atoms with Crippen molar-refractivity contribution in [3.05, 3.63) is 35.4 Å². The molecule has 2 aliphatic rings. The van der Waals surface area contributed by atoms with Gasteiger partial charge >= 0.3 is 0 Å². The Hall–Kier alpha value is -1.55. The molecule has 0 saturated carbocycles. The van der Waals surface area contributed by atoms with Crippen molar-refractivity contribution in [3.63, 3.8) is 0 Å². The number of nitrogens with zero attached hydrogens (tertiary/aromatic N) is 2. The molecule has 0 radical (unpaired) electrons. The molecule has 4 nitrogen and oxygen atoms in total. The van der Waals surface area contributed by atoms with Gasteiger partial charge in [0.15, 0.2) is 5.96 Å². The van der Waals surface area contributed by atoms with E-state index in [0.717, 1.165) is 51.6 Å². The van der Waals surface area contributed by atoms with Crippen LogP contribution in [0.2, 0.25) is 0 Å². The van der Waals surface area contributed by atoms with Crippen molar-refractivity contribution in [1.82, 2.24) is 10.2 Å². The molecule has 1 aromatic rings. The quantitative estimate of drug-likeness (QED) is 0.684. The molecule has 1 fully saturated rings. The second kappa shape index (κ2) is 6.94. The number of ether oxygens (including phenoxy) is 1. The summed E-state index contributed by atoms with van der Waals surface area (Å²) in [5.74, 6) is 1.03. The van der Waals surface area contributed by atoms with E-state index in [1.165, 1.54) is 17.5 Å². The van der Waals surface area contributed by atoms with Crippen molar-refractivity contribution in [1.29, 1.82) is 0 Å². The lowest BCUT2D eigenvalue weighted by molar-refractivity contribution is 0.117. The van der Waals surface area contributed by atoms with Gasteiger partial charge in [0.05, 0.1) is 12.6 Å². The number of hydrogen-bond donors (Lipinski definition) is 1. The standard InChI is InChI=1S/C17H25N3O/c1-2-18-17(19-12-16-8-5-11-21-16)20-10-9-14-6-3-4-7-15(14)13-20/h3-4,6-7,16H,2,5,8-13H2,1H3,(H,18,19). The second-order valence-electron chi connectivity index (χ2n) is 5.77. The van der Waals surface area contributed by atoms with E-state index in [1.807, 2.05) is 0 Å². The number of hydrogen-bond acceptors (Lipinski definition) is 2. The van der Waals surface area contributed by atoms with E-state index >= 15 is 0 Å². The summed E-state index contributed by atoms with van der Waals surface area (Å²) in [5.41, 5.74) is 2.90. The average Bonchev–Trinajstić information content (AvgIpc) is 3.04. The van der Waals surface area contributed by atoms with Gasteiger partial charge in [-0.1, -0.05) is 24.3 Å². The van der Waals surface area contributed by atoms with E-state index < -0.39 is 0 Å². The summed E-state index contributed by atoms with van der Waals surface area (Å²) in [7, 11) is 0. The van der Waals surface area contributed by atoms with Crippen LogP contribution in [0.4, 0.5) is 0 Å². The van der Waals surface area contributed by atoms with Gasteiger partial charge in [-0.2, -0.15) is 0 Å². The van der Waals surface area contributed by atoms with Gasteiger partial charge in [0.2, 0.25) is 0 Å². The van der Waals surface area contributed by atoms with Crippen LogP contribution in [0.5, 0.6) is 0 Å². The SMILES string of the molecule is CCNC(=NCC1CCCO1)N1CCc2ccccc2C1. The number of guanidine groups is 1. The Labute approximate surface area is 127 Å². The molecule has 0 aliphatic carbocycles. The van der Waals surface area contributed by atoms with Crippen LogP contribution >= 0.6 is 0 Å². The fraction of sp³-hybridized carbons (Fsp3) is 0.588. The summed E-state index contributed by atoms with van der Waals surface area (Å²) in [4.78, 5) is 7.16. The molecule has 1 N–H and O–H groups in total. The Bertz CT molecular complexity index is 495. The van der Waals surface area contributed by atoms with Gasteiger partial charge in [-0.3, -0.25) is 4.99 Å². The van der Waals surface area contributed by atoms with Crippen LogP contribution in [0.15, 0.2) is 29.3 Å². The first kappa shape index (κ1) is 14.4. The van der Waals surface area contributed by atoms with Gasteiger partial charge in [0.25, 0.3) is 0 Å². The van der Waals surface area contributed by atoms with Crippen LogP contribution in [0.3, 0.4) is 0 Å². The normalized spacial score (nSPS) is 22.2. The topological polar surface area (TPSA) is 36.9 Å². The van der Waals surface area contributed by atoms with Crippen LogP contribution in [0, 0.1) is 0 Å². The van der Waals surface area contributed by atoms with Crippen molar-refractivity contribution in [2.75, 3.05) is 26.2 Å². The fourth-order valence-electron chi connectivity index (χ4n) is 3.08. The third kappa shape index (κ3) is 3.56. The van der Waals surface area contributed by atoms with Gasteiger partial charge in [-0.05, 0) is 37.3 Å². The fourth-order valence-corrected chi connectivity index (χ4v) is 3.08. The largest absolute Gasteiger partial charge is 0.376 e. The summed E-state index contributed by atoms with van der Waals surface area (Å²) in [6, 6.07) is 8.72. The lowest BCUT2D eigenvalue weighted by Crippen LogP contribution is -2.44. The highest BCUT2D eigenvalue weighted by Crippen LogP contribution is 2.19. The number of rotatable bonds is 3. The molecule has 2 aliphatic heterocycles. The van der Waals surface area contributed by atoms with Crippen molar-refractivity contribution >= 4 is 5.96 Å². The highest BCUT2D eigenvalue weighted by molar-refractivity contribution is 5.80. The highest BCUT2D eigenvalue weighted by atomic mass is 16.5. The number of fused-ring (bicyclic) bond motifs is 1. The van der Waals surface area contributed by atoms with Crippen LogP contribution < -0.4 is 5.32 Å². The molecule has 1 aromatic carbocycles. The highest BCUT2D eigenvalue weighted by Gasteiger charge is 2.20. The van der Waals surface area contributed by atoms with Gasteiger partial charge in [0.1, 0.15) is 0 Å². The summed E-state index contributed by atoms with van der Waals surface area (Å²) < 4.78 is 5.67. The van der Waals surface area contributed by atoms with Crippen LogP contribution in [-0.4, -0.2) is 43.2 Å². The Kier molecular flexibility index (Phi) is 4.76. The molecule has 4 heteroatoms. The third-order valence-electron chi connectivity index (χ3n) is 4.23. The van der Waals surface area contributed by atoms with E-state index in [0.29, 0.717) is 6.10 Å². The van der Waals surface area contributed by atoms with Crippen molar-refractivity contribution in [2.45, 2.75) is 38.8 Å². The predicted octanol–water partition coefficient (Wildman–Crippen LogP) is 2.19. The lowest BCUT2D eigenvalue weighted by Gasteiger charge is -2.31. The molecule has 114 valence electrons. The van der Waals surface area contributed by atoms with Gasteiger partial charge < -0.3 is 15.0 Å². The molecule has 1 saturated heterocycles. The molecular weight excluding hydrogens is 262 g/mol. The summed E-state index contributed by atoms with van der Waals surface area (Å²) in [5, 5.41) is 3.43. The zero-order chi connectivity index (χ0) is 14.5. The molecule has 0 aromatic heterocycles. The van der Waals surface area contributed by atoms with E-state index in [2.05, 4.69) is 41.4 Å². The Morgan fingerprint density at radius 2 is 2.24 bits per heavy atom. The first-order chi connectivity index (χ1) is 10.4. The number of nitrogens with one attached hydrogen (secondary N) is 1. The molecule has 0 amide bonds. The van der Waals surface area contributed by atoms with Gasteiger partial charge in [-0.15, -0.1) is 0 Å². The molecule has 1 unspecified atom stereocenters. The van der Waals surface area contributed by atoms with E-state index in [4.69, 9.17) is 9.73 Å². The minimum atomic E-state index is 0.315. The Morgan fingerprint density at radius 3 is 3.00 bits per heavy atom. The zero-order valence-electron chi connectivity index (χ0n) is 12.8. The van der Waals surface area contributed by atoms with Crippen LogP contribution in [-0.2, 0) is 17.7 Å². The minimum absolute atomic E-state index is 0.315. The van der Waals surface area contributed by atoms with Gasteiger partial charge in [0, 0.05) is 26.2 Å². The molecule has 0 bridgehead atoms. The molecule has 1 atom stereocenters. The van der Waals surface area contributed by atoms with Crippen LogP contribution in [0.1, 0.15) is 30.9 Å². The maximum atomic E-state index is 5.67. The number of aliphatic imine (C=N–C) groups is 1. The minimum Gasteiger partial charge on any atom is -0.376 e. The molecular formula is C17H25N3O. The van der Waals surface area contributed by atoms with Crippen molar-refractivity contribution in [2.24, 2.45) is 4.99 Å². The smallest absolute Gasteiger partial charge is 0.194 e. The van der Waals surface area contributed by atoms with Gasteiger partial charge in [-0.25, -0.2) is 0 Å². The molecule has 0 spiro atoms. The summed E-state index contributed by atoms with van der Waals surface area (Å²) in [6.07, 6.45) is 3.73. The van der Waals surface area contributed by atoms with E-state index in [1.54, 1.807) is 0 Å². The first-order valence-electron chi connectivity index (χ1n) is 8.08. The second-order valence-corrected chi connectivity index (χ2v) is 5.77. The molecule has 21 heavy (non-hydrogen) atoms. The van der Waals surface area contributed by atoms with Crippen LogP contribution in [0.25, 0.3) is 0 Å². The maximum absolute atomic E-state index is 5.67. The molecule has 2 heterocycles. The van der Waals surface area contributed by atoms with Crippen molar-refractivity contribution in [3.8, 4) is 0 Å². The average molecular weight is 287 g/mol. The number of benzene rings is 1. The predicted molar refractivity (Wildman–Crippen MR) is 85.5 cm³/mol. The lowest BCUT2D eigenvalue weighted by atomic mass is 10.0. The van der Waals surface area contributed by atoms with E-state index in [9.17, 15) is 0 Å². The van der Waals surface area contributed by atoms with E-state index in [-0.39, 0.29) is 0 Å². The summed E-state index contributed by atoms with van der Waals surface area (Å²) in [6.45, 7) is 6.69. The van der Waals surface area contributed by atoms with Crippen molar-refractivity contribution < 1.29 is 4.74 Å². The Balaban J connectivity index is 1.68. The zero-order valence-corrected chi connectivity index (χ0v) is 12.8. The Morgan fingerprint density at radius 1 is 1.38 bits per heavy atom. The summed E-state index contributed by atoms with van der Waals surface area (Å²) >= 11 is 0. The molecule has 3 rings (SSSR count). The monoisotopic (exact) mass is 287 g/mol. The third-order valence-corrected chi connectivity index (χ3v) is 4.23.